The van der Waals surface area contributed by atoms with Crippen LogP contribution < -0.4 is 5.32 Å². The van der Waals surface area contributed by atoms with Crippen LogP contribution in [0.4, 0.5) is 5.69 Å². The predicted octanol–water partition coefficient (Wildman–Crippen LogP) is 8.18. The van der Waals surface area contributed by atoms with Crippen molar-refractivity contribution >= 4 is 49.4 Å². The monoisotopic (exact) mass is 498 g/mol. The van der Waals surface area contributed by atoms with E-state index >= 15 is 0 Å². The van der Waals surface area contributed by atoms with Gasteiger partial charge in [0.1, 0.15) is 5.52 Å². The quantitative estimate of drug-likeness (QED) is 0.265. The van der Waals surface area contributed by atoms with E-state index in [0.29, 0.717) is 23.1 Å². The van der Waals surface area contributed by atoms with Gasteiger partial charge in [-0.05, 0) is 71.1 Å². The minimum absolute atomic E-state index is 0.161. The van der Waals surface area contributed by atoms with Gasteiger partial charge in [-0.25, -0.2) is 4.98 Å². The van der Waals surface area contributed by atoms with Crippen molar-refractivity contribution in [2.24, 2.45) is 0 Å². The van der Waals surface area contributed by atoms with Crippen molar-refractivity contribution in [3.8, 4) is 11.5 Å². The maximum Gasteiger partial charge on any atom is 0.256 e. The van der Waals surface area contributed by atoms with E-state index in [2.05, 4.69) is 47.2 Å². The number of nitrogens with zero attached hydrogens (tertiary/aromatic N) is 1. The van der Waals surface area contributed by atoms with Crippen LogP contribution in [0, 0.1) is 0 Å². The average Bonchev–Trinajstić information content (AvgIpc) is 3.27. The van der Waals surface area contributed by atoms with Crippen LogP contribution in [-0.2, 0) is 0 Å². The summed E-state index contributed by atoms with van der Waals surface area (Å²) in [6.45, 7) is 4.39. The number of carbonyl (C=O) groups excluding carboxylic acids is 1. The minimum atomic E-state index is -0.161. The lowest BCUT2D eigenvalue weighted by atomic mass is 9.98. The van der Waals surface area contributed by atoms with Crippen molar-refractivity contribution in [2.45, 2.75) is 26.2 Å². The number of anilines is 1. The summed E-state index contributed by atoms with van der Waals surface area (Å²) in [5, 5.41) is 4.92. The van der Waals surface area contributed by atoms with Crippen molar-refractivity contribution in [3.63, 3.8) is 0 Å². The number of nitrogens with one attached hydrogen (secondary N) is 1. The molecule has 33 heavy (non-hydrogen) atoms. The van der Waals surface area contributed by atoms with Crippen LogP contribution in [0.3, 0.4) is 0 Å². The summed E-state index contributed by atoms with van der Waals surface area (Å²) in [4.78, 5) is 17.8. The van der Waals surface area contributed by atoms with E-state index in [1.807, 2.05) is 66.7 Å². The molecule has 1 N–H and O–H groups in total. The number of oxazole rings is 1. The first-order valence-corrected chi connectivity index (χ1v) is 11.8. The molecule has 0 bridgehead atoms. The highest BCUT2D eigenvalue weighted by Gasteiger charge is 2.14. The van der Waals surface area contributed by atoms with Crippen LogP contribution in [0.25, 0.3) is 33.3 Å². The summed E-state index contributed by atoms with van der Waals surface area (Å²) in [6.07, 6.45) is 1.08. The summed E-state index contributed by atoms with van der Waals surface area (Å²) < 4.78 is 6.97. The van der Waals surface area contributed by atoms with Gasteiger partial charge in [-0.15, -0.1) is 0 Å². The first kappa shape index (κ1) is 21.4. The standard InChI is InChI=1S/C28H23BrN2O2/c1-3-17(2)18-13-14-26-25(16-18)31-28(33-26)19-7-4-8-20(15-19)30-27(32)23-11-5-10-22-21(23)9-6-12-24(22)29/h4-17H,3H2,1-2H3,(H,30,32)/t17-/m1/s1. The fourth-order valence-electron chi connectivity index (χ4n) is 4.01. The Hall–Kier alpha value is -3.44. The van der Waals surface area contributed by atoms with Gasteiger partial charge in [0.05, 0.1) is 0 Å². The van der Waals surface area contributed by atoms with Gasteiger partial charge in [-0.1, -0.05) is 66.2 Å². The molecule has 1 amide bonds. The molecule has 4 aromatic carbocycles. The number of amides is 1. The molecule has 4 nitrogen and oxygen atoms in total. The number of halogens is 1. The molecule has 0 spiro atoms. The van der Waals surface area contributed by atoms with Crippen LogP contribution in [0.5, 0.6) is 0 Å². The Morgan fingerprint density at radius 1 is 1.00 bits per heavy atom. The SMILES string of the molecule is CC[C@@H](C)c1ccc2oc(-c3cccc(NC(=O)c4cccc5c(Br)cccc45)c3)nc2c1. The molecule has 0 aliphatic heterocycles. The third-order valence-corrected chi connectivity index (χ3v) is 6.77. The van der Waals surface area contributed by atoms with Gasteiger partial charge in [0, 0.05) is 21.3 Å². The van der Waals surface area contributed by atoms with Crippen molar-refractivity contribution in [1.82, 2.24) is 4.98 Å². The second-order valence-corrected chi connectivity index (χ2v) is 9.09. The maximum atomic E-state index is 13.1. The topological polar surface area (TPSA) is 55.1 Å². The Kier molecular flexibility index (Phi) is 5.73. The fourth-order valence-corrected chi connectivity index (χ4v) is 4.51. The molecular formula is C28H23BrN2O2. The van der Waals surface area contributed by atoms with E-state index in [-0.39, 0.29) is 5.91 Å². The predicted molar refractivity (Wildman–Crippen MR) is 138 cm³/mol. The average molecular weight is 499 g/mol. The molecule has 1 aromatic heterocycles. The third kappa shape index (κ3) is 4.16. The molecular weight excluding hydrogens is 476 g/mol. The van der Waals surface area contributed by atoms with Crippen molar-refractivity contribution < 1.29 is 9.21 Å². The zero-order chi connectivity index (χ0) is 22.9. The van der Waals surface area contributed by atoms with Gasteiger partial charge in [-0.2, -0.15) is 0 Å². The first-order chi connectivity index (χ1) is 16.0. The molecule has 5 heteroatoms. The summed E-state index contributed by atoms with van der Waals surface area (Å²) in [6, 6.07) is 25.4. The van der Waals surface area contributed by atoms with Crippen molar-refractivity contribution in [1.29, 1.82) is 0 Å². The van der Waals surface area contributed by atoms with Gasteiger partial charge in [0.15, 0.2) is 5.58 Å². The lowest BCUT2D eigenvalue weighted by molar-refractivity contribution is 0.102. The smallest absolute Gasteiger partial charge is 0.256 e. The van der Waals surface area contributed by atoms with Gasteiger partial charge in [0.25, 0.3) is 5.91 Å². The number of carbonyl (C=O) groups is 1. The fraction of sp³-hybridized carbons (Fsp3) is 0.143. The molecule has 0 aliphatic rings. The molecule has 5 rings (SSSR count). The lowest BCUT2D eigenvalue weighted by Gasteiger charge is -2.09. The Labute approximate surface area is 200 Å². The van der Waals surface area contributed by atoms with E-state index in [0.717, 1.165) is 38.3 Å². The van der Waals surface area contributed by atoms with E-state index in [4.69, 9.17) is 9.40 Å². The highest BCUT2D eigenvalue weighted by atomic mass is 79.9. The molecule has 0 saturated carbocycles. The lowest BCUT2D eigenvalue weighted by Crippen LogP contribution is -2.12. The maximum absolute atomic E-state index is 13.1. The molecule has 0 aliphatic carbocycles. The number of hydrogen-bond donors (Lipinski definition) is 1. The van der Waals surface area contributed by atoms with Crippen LogP contribution in [0.1, 0.15) is 42.1 Å². The van der Waals surface area contributed by atoms with Gasteiger partial charge in [-0.3, -0.25) is 4.79 Å². The Bertz CT molecular complexity index is 1490. The van der Waals surface area contributed by atoms with Crippen molar-refractivity contribution in [2.75, 3.05) is 5.32 Å². The first-order valence-electron chi connectivity index (χ1n) is 11.0. The molecule has 0 radical (unpaired) electrons. The summed E-state index contributed by atoms with van der Waals surface area (Å²) in [5.74, 6) is 0.853. The Morgan fingerprint density at radius 3 is 2.64 bits per heavy atom. The van der Waals surface area contributed by atoms with Crippen LogP contribution >= 0.6 is 15.9 Å². The summed E-state index contributed by atoms with van der Waals surface area (Å²) in [5.41, 5.74) is 4.99. The Morgan fingerprint density at radius 2 is 1.79 bits per heavy atom. The normalized spacial score (nSPS) is 12.2. The van der Waals surface area contributed by atoms with Gasteiger partial charge >= 0.3 is 0 Å². The third-order valence-electron chi connectivity index (χ3n) is 6.07. The van der Waals surface area contributed by atoms with Crippen LogP contribution in [-0.4, -0.2) is 10.9 Å². The molecule has 5 aromatic rings. The number of fused-ring (bicyclic) bond motifs is 2. The highest BCUT2D eigenvalue weighted by Crippen LogP contribution is 2.30. The number of rotatable bonds is 5. The second-order valence-electron chi connectivity index (χ2n) is 8.23. The number of benzene rings is 4. The van der Waals surface area contributed by atoms with Gasteiger partial charge < -0.3 is 9.73 Å². The van der Waals surface area contributed by atoms with E-state index in [1.165, 1.54) is 5.56 Å². The highest BCUT2D eigenvalue weighted by molar-refractivity contribution is 9.10. The summed E-state index contributed by atoms with van der Waals surface area (Å²) >= 11 is 3.56. The largest absolute Gasteiger partial charge is 0.436 e. The zero-order valence-corrected chi connectivity index (χ0v) is 20.0. The number of aromatic nitrogens is 1. The molecule has 0 fully saturated rings. The van der Waals surface area contributed by atoms with Crippen molar-refractivity contribution in [3.05, 3.63) is 94.5 Å². The van der Waals surface area contributed by atoms with Crippen LogP contribution in [0.15, 0.2) is 87.8 Å². The number of hydrogen-bond acceptors (Lipinski definition) is 3. The second kappa shape index (κ2) is 8.83. The van der Waals surface area contributed by atoms with Gasteiger partial charge in [0.2, 0.25) is 5.89 Å². The zero-order valence-electron chi connectivity index (χ0n) is 18.4. The van der Waals surface area contributed by atoms with E-state index in [9.17, 15) is 4.79 Å². The Balaban J connectivity index is 1.44. The van der Waals surface area contributed by atoms with E-state index in [1.54, 1.807) is 0 Å². The summed E-state index contributed by atoms with van der Waals surface area (Å²) in [7, 11) is 0. The van der Waals surface area contributed by atoms with E-state index < -0.39 is 0 Å². The molecule has 0 saturated heterocycles. The van der Waals surface area contributed by atoms with Crippen LogP contribution in [0.2, 0.25) is 0 Å². The molecule has 1 heterocycles. The molecule has 0 unspecified atom stereocenters. The minimum Gasteiger partial charge on any atom is -0.436 e. The molecule has 1 atom stereocenters. The molecule has 164 valence electrons.